The topological polar surface area (TPSA) is 339 Å². The smallest absolute Gasteiger partial charge is 0.248 e. The molecule has 9 atom stereocenters. The Morgan fingerprint density at radius 3 is 1.81 bits per heavy atom. The van der Waals surface area contributed by atoms with Crippen LogP contribution in [0.1, 0.15) is 92.6 Å². The van der Waals surface area contributed by atoms with Crippen LogP contribution in [0, 0.1) is 11.8 Å². The molecule has 0 aromatic heterocycles. The van der Waals surface area contributed by atoms with Gasteiger partial charge in [0, 0.05) is 26.3 Å². The first-order chi connectivity index (χ1) is 29.0. The molecule has 62 heavy (non-hydrogen) atoms. The van der Waals surface area contributed by atoms with E-state index in [4.69, 9.17) is 11.5 Å². The number of nitrogens with two attached hydrogens (primary N) is 2. The third-order valence-corrected chi connectivity index (χ3v) is 10.5. The largest absolute Gasteiger partial charge is 0.508 e. The Kier molecular flexibility index (Phi) is 20.4. The van der Waals surface area contributed by atoms with Crippen LogP contribution in [0.2, 0.25) is 0 Å². The fourth-order valence-corrected chi connectivity index (χ4v) is 6.86. The molecule has 2 rings (SSSR count). The van der Waals surface area contributed by atoms with Crippen molar-refractivity contribution in [2.45, 2.75) is 142 Å². The summed E-state index contributed by atoms with van der Waals surface area (Å²) in [5.74, 6) is -8.72. The maximum atomic E-state index is 13.9. The van der Waals surface area contributed by atoms with Gasteiger partial charge in [0.15, 0.2) is 5.78 Å². The standard InChI is InChI=1S/C41H63N9O12/c1-8-21(4)34(22(5)51)48-40(61)33(20(2)3)47-38(59)29(19-32(43)56)46-36(57)27(15-16-31(42)55)45-39(60)30-10-9-17-50(30)41(62)35(23(6)52)49-37(58)28(44-24(7)53)18-25-11-13-26(54)14-12-25/h11-14,20-21,23,27-30,33-35,52,54H,8-10,15-19H2,1-7H3,(H2,42,55)(H2,43,56)(H,44,53)(H,45,60)(H,46,57)(H,47,59)(H,48,61)(H,49,58)/t21?,23?,27-,28-,29-,30?,33-,34-,35-/m0/s1. The second-order valence-electron chi connectivity index (χ2n) is 16.1. The molecule has 344 valence electrons. The molecule has 0 aliphatic carbocycles. The molecule has 1 aliphatic rings. The maximum absolute atomic E-state index is 13.9. The third kappa shape index (κ3) is 16.1. The minimum absolute atomic E-state index is 0.00671. The lowest BCUT2D eigenvalue weighted by Crippen LogP contribution is -2.61. The van der Waals surface area contributed by atoms with Crippen molar-refractivity contribution in [3.8, 4) is 5.75 Å². The number of Topliss-reactive ketones (excluding diaryl/α,β-unsaturated/α-hetero) is 1. The number of nitrogens with one attached hydrogen (secondary N) is 6. The van der Waals surface area contributed by atoms with Crippen LogP contribution in [-0.2, 0) is 54.4 Å². The molecular formula is C41H63N9O12. The maximum Gasteiger partial charge on any atom is 0.248 e. The van der Waals surface area contributed by atoms with Crippen molar-refractivity contribution in [1.82, 2.24) is 36.8 Å². The highest BCUT2D eigenvalue weighted by atomic mass is 16.3. The number of phenols is 1. The van der Waals surface area contributed by atoms with Crippen LogP contribution >= 0.6 is 0 Å². The van der Waals surface area contributed by atoms with Crippen LogP contribution in [-0.4, -0.2) is 129 Å². The van der Waals surface area contributed by atoms with E-state index in [1.165, 1.54) is 45.0 Å². The van der Waals surface area contributed by atoms with Crippen LogP contribution in [0.5, 0.6) is 5.75 Å². The number of carbonyl (C=O) groups excluding carboxylic acids is 10. The summed E-state index contributed by atoms with van der Waals surface area (Å²) in [6, 6.07) is -3.45. The Morgan fingerprint density at radius 2 is 1.29 bits per heavy atom. The van der Waals surface area contributed by atoms with Crippen LogP contribution in [0.4, 0.5) is 0 Å². The number of hydrogen-bond acceptors (Lipinski definition) is 12. The number of amides is 9. The van der Waals surface area contributed by atoms with Gasteiger partial charge in [-0.1, -0.05) is 46.2 Å². The van der Waals surface area contributed by atoms with Gasteiger partial charge in [-0.25, -0.2) is 0 Å². The van der Waals surface area contributed by atoms with E-state index in [9.17, 15) is 58.2 Å². The van der Waals surface area contributed by atoms with Gasteiger partial charge in [-0.05, 0) is 62.6 Å². The molecule has 3 unspecified atom stereocenters. The number of likely N-dealkylation sites (tertiary alicyclic amines) is 1. The van der Waals surface area contributed by atoms with Crippen molar-refractivity contribution < 1.29 is 58.2 Å². The normalized spacial score (nSPS) is 17.4. The molecule has 1 aromatic rings. The summed E-state index contributed by atoms with van der Waals surface area (Å²) < 4.78 is 0. The Morgan fingerprint density at radius 1 is 0.726 bits per heavy atom. The zero-order valence-corrected chi connectivity index (χ0v) is 36.3. The number of rotatable bonds is 24. The number of aromatic hydroxyl groups is 1. The van der Waals surface area contributed by atoms with Gasteiger partial charge >= 0.3 is 0 Å². The van der Waals surface area contributed by atoms with E-state index in [0.717, 1.165) is 4.90 Å². The first kappa shape index (κ1) is 52.0. The average Bonchev–Trinajstić information content (AvgIpc) is 3.68. The molecule has 0 bridgehead atoms. The Balaban J connectivity index is 2.31. The lowest BCUT2D eigenvalue weighted by molar-refractivity contribution is -0.144. The van der Waals surface area contributed by atoms with Gasteiger partial charge in [-0.2, -0.15) is 0 Å². The highest BCUT2D eigenvalue weighted by Gasteiger charge is 2.41. The Bertz CT molecular complexity index is 1810. The number of benzene rings is 1. The molecule has 1 aliphatic heterocycles. The van der Waals surface area contributed by atoms with Gasteiger partial charge in [-0.15, -0.1) is 0 Å². The highest BCUT2D eigenvalue weighted by Crippen LogP contribution is 2.21. The van der Waals surface area contributed by atoms with Crippen molar-refractivity contribution in [3.05, 3.63) is 29.8 Å². The number of phenolic OH excluding ortho intramolecular Hbond substituents is 1. The molecule has 1 saturated heterocycles. The van der Waals surface area contributed by atoms with Gasteiger partial charge in [-0.3, -0.25) is 47.9 Å². The number of nitrogens with zero attached hydrogens (tertiary/aromatic N) is 1. The van der Waals surface area contributed by atoms with E-state index >= 15 is 0 Å². The molecule has 12 N–H and O–H groups in total. The summed E-state index contributed by atoms with van der Waals surface area (Å²) in [6.07, 6.45) is -2.10. The second-order valence-corrected chi connectivity index (χ2v) is 16.1. The molecular weight excluding hydrogens is 811 g/mol. The van der Waals surface area contributed by atoms with Crippen molar-refractivity contribution >= 4 is 58.9 Å². The van der Waals surface area contributed by atoms with Crippen LogP contribution in [0.15, 0.2) is 24.3 Å². The Hall–Kier alpha value is -6.12. The summed E-state index contributed by atoms with van der Waals surface area (Å²) >= 11 is 0. The van der Waals surface area contributed by atoms with Crippen molar-refractivity contribution in [2.75, 3.05) is 6.54 Å². The number of hydrogen-bond donors (Lipinski definition) is 10. The third-order valence-electron chi connectivity index (χ3n) is 10.5. The summed E-state index contributed by atoms with van der Waals surface area (Å²) in [7, 11) is 0. The number of carbonyl (C=O) groups is 10. The number of ketones is 1. The predicted octanol–water partition coefficient (Wildman–Crippen LogP) is -2.33. The quantitative estimate of drug-likeness (QED) is 0.0523. The van der Waals surface area contributed by atoms with E-state index in [2.05, 4.69) is 31.9 Å². The van der Waals surface area contributed by atoms with Gasteiger partial charge in [0.05, 0.1) is 18.6 Å². The lowest BCUT2D eigenvalue weighted by Gasteiger charge is -2.32. The van der Waals surface area contributed by atoms with Crippen molar-refractivity contribution in [3.63, 3.8) is 0 Å². The number of aliphatic hydroxyl groups excluding tert-OH is 1. The van der Waals surface area contributed by atoms with E-state index in [0.29, 0.717) is 18.4 Å². The second kappa shape index (κ2) is 24.4. The zero-order valence-electron chi connectivity index (χ0n) is 36.3. The first-order valence-corrected chi connectivity index (χ1v) is 20.6. The zero-order chi connectivity index (χ0) is 47.0. The monoisotopic (exact) mass is 873 g/mol. The molecule has 1 aromatic carbocycles. The van der Waals surface area contributed by atoms with Crippen molar-refractivity contribution in [1.29, 1.82) is 0 Å². The minimum Gasteiger partial charge on any atom is -0.508 e. The van der Waals surface area contributed by atoms with Crippen molar-refractivity contribution in [2.24, 2.45) is 23.3 Å². The predicted molar refractivity (Wildman–Crippen MR) is 223 cm³/mol. The minimum atomic E-state index is -1.67. The van der Waals surface area contributed by atoms with Crippen LogP contribution in [0.25, 0.3) is 0 Å². The van der Waals surface area contributed by atoms with Gasteiger partial charge in [0.1, 0.15) is 42.0 Å². The summed E-state index contributed by atoms with van der Waals surface area (Å²) in [6.45, 7) is 10.7. The van der Waals surface area contributed by atoms with Gasteiger partial charge in [0.2, 0.25) is 53.2 Å². The van der Waals surface area contributed by atoms with E-state index in [1.807, 2.05) is 6.92 Å². The van der Waals surface area contributed by atoms with Gasteiger partial charge in [0.25, 0.3) is 0 Å². The molecule has 0 spiro atoms. The lowest BCUT2D eigenvalue weighted by atomic mass is 9.94. The summed E-state index contributed by atoms with van der Waals surface area (Å²) in [5.41, 5.74) is 11.3. The number of primary amides is 2. The first-order valence-electron chi connectivity index (χ1n) is 20.6. The molecule has 21 nitrogen and oxygen atoms in total. The molecule has 0 saturated carbocycles. The molecule has 21 heteroatoms. The van der Waals surface area contributed by atoms with E-state index in [-0.39, 0.29) is 43.3 Å². The van der Waals surface area contributed by atoms with E-state index in [1.54, 1.807) is 20.8 Å². The average molecular weight is 874 g/mol. The fourth-order valence-electron chi connectivity index (χ4n) is 6.86. The molecule has 1 heterocycles. The fraction of sp³-hybridized carbons (Fsp3) is 0.610. The molecule has 9 amide bonds. The molecule has 0 radical (unpaired) electrons. The SMILES string of the molecule is CCC(C)[C@H](NC(=O)[C@@H](NC(=O)[C@H](CC(N)=O)NC(=O)[C@H](CCC(N)=O)NC(=O)C1CCCN1C(=O)[C@@H](NC(=O)[C@H](Cc1ccc(O)cc1)NC(C)=O)C(C)O)C(C)C)C(C)=O. The van der Waals surface area contributed by atoms with E-state index < -0.39 is 120 Å². The summed E-state index contributed by atoms with van der Waals surface area (Å²) in [4.78, 5) is 131. The molecule has 1 fully saturated rings. The highest BCUT2D eigenvalue weighted by molar-refractivity contribution is 5.99. The van der Waals surface area contributed by atoms with Gasteiger partial charge < -0.3 is 58.5 Å². The number of aliphatic hydroxyl groups is 1. The van der Waals surface area contributed by atoms with Crippen LogP contribution in [0.3, 0.4) is 0 Å². The Labute approximate surface area is 360 Å². The summed E-state index contributed by atoms with van der Waals surface area (Å²) in [5, 5.41) is 35.3. The van der Waals surface area contributed by atoms with Crippen LogP contribution < -0.4 is 43.4 Å².